The molecule has 2 aromatic heterocycles. The fourth-order valence-corrected chi connectivity index (χ4v) is 12.3. The minimum atomic E-state index is 0.427. The highest BCUT2D eigenvalue weighted by molar-refractivity contribution is 6.25. The van der Waals surface area contributed by atoms with E-state index in [0.717, 1.165) is 162 Å². The zero-order valence-electron chi connectivity index (χ0n) is 46.1. The van der Waals surface area contributed by atoms with Gasteiger partial charge in [-0.05, 0) is 102 Å². The summed E-state index contributed by atoms with van der Waals surface area (Å²) in [4.78, 5) is 4.60. The Morgan fingerprint density at radius 1 is 0.333 bits per heavy atom. The summed E-state index contributed by atoms with van der Waals surface area (Å²) in [7, 11) is 0. The van der Waals surface area contributed by atoms with Crippen LogP contribution in [0.4, 0.5) is 11.8 Å². The second kappa shape index (κ2) is 23.6. The molecule has 0 radical (unpaired) electrons. The van der Waals surface area contributed by atoms with Gasteiger partial charge >= 0.3 is 0 Å². The predicted molar refractivity (Wildman–Crippen MR) is 329 cm³/mol. The van der Waals surface area contributed by atoms with Gasteiger partial charge < -0.3 is 18.6 Å². The zero-order valence-corrected chi connectivity index (χ0v) is 46.1. The lowest BCUT2D eigenvalue weighted by atomic mass is 9.91. The Morgan fingerprint density at radius 3 is 0.987 bits per heavy atom. The molecule has 0 aliphatic heterocycles. The molecule has 2 heterocycles. The van der Waals surface area contributed by atoms with Crippen molar-refractivity contribution >= 4 is 98.3 Å². The number of unbranched alkanes of at least 4 members (excludes halogenated alkanes) is 12. The number of hydrogen-bond donors (Lipinski definition) is 0. The van der Waals surface area contributed by atoms with Crippen LogP contribution in [0.15, 0.2) is 118 Å². The van der Waals surface area contributed by atoms with Crippen LogP contribution in [0, 0.1) is 46.3 Å². The Kier molecular flexibility index (Phi) is 15.7. The topological polar surface area (TPSA) is 80.3 Å². The van der Waals surface area contributed by atoms with E-state index in [1.54, 1.807) is 0 Å². The maximum Gasteiger partial charge on any atom is 0.214 e. The van der Waals surface area contributed by atoms with Gasteiger partial charge in [-0.1, -0.05) is 225 Å². The van der Waals surface area contributed by atoms with Gasteiger partial charge in [0, 0.05) is 37.3 Å². The summed E-state index contributed by atoms with van der Waals surface area (Å²) >= 11 is 0. The first-order chi connectivity index (χ1) is 38.5. The second-order valence-electron chi connectivity index (χ2n) is 21.6. The first-order valence-electron chi connectivity index (χ1n) is 29.3. The average molecular weight is 1020 g/mol. The summed E-state index contributed by atoms with van der Waals surface area (Å²) < 4.78 is 14.7. The van der Waals surface area contributed by atoms with Crippen LogP contribution in [-0.2, 0) is 0 Å². The molecule has 0 amide bonds. The van der Waals surface area contributed by atoms with Crippen LogP contribution in [0.5, 0.6) is 0 Å². The lowest BCUT2D eigenvalue weighted by Crippen LogP contribution is -2.26. The van der Waals surface area contributed by atoms with Gasteiger partial charge in [-0.2, -0.15) is 10.5 Å². The summed E-state index contributed by atoms with van der Waals surface area (Å²) in [5, 5.41) is 38.5. The number of anilines is 2. The third-order valence-corrected chi connectivity index (χ3v) is 16.4. The number of nitriles is 2. The summed E-state index contributed by atoms with van der Waals surface area (Å²) in [6.07, 6.45) is 17.3. The first kappa shape index (κ1) is 51.9. The van der Waals surface area contributed by atoms with Crippen LogP contribution in [0.25, 0.3) is 86.6 Å². The molecule has 0 saturated heterocycles. The van der Waals surface area contributed by atoms with Crippen molar-refractivity contribution in [2.75, 3.05) is 36.0 Å². The molecule has 0 unspecified atom stereocenters. The SMILES string of the molecule is CCCCCCN(CCCCCC)c1oc2c(C#Cc3ccc4ccc5cccc6ccc3c4c56)c3c(C#N)c(N(CCCCCC)CCCCCC)oc3c(C#Cc3ccc4ccc5cccc6ccc3c4c56)c2c1C#N. The van der Waals surface area contributed by atoms with Crippen molar-refractivity contribution in [2.45, 2.75) is 130 Å². The second-order valence-corrected chi connectivity index (χ2v) is 21.6. The molecule has 0 bridgehead atoms. The van der Waals surface area contributed by atoms with E-state index in [9.17, 15) is 10.5 Å². The molecule has 11 rings (SSSR count). The van der Waals surface area contributed by atoms with Crippen LogP contribution in [0.3, 0.4) is 0 Å². The lowest BCUT2D eigenvalue weighted by Gasteiger charge is -2.22. The van der Waals surface area contributed by atoms with Crippen LogP contribution in [-0.4, -0.2) is 26.2 Å². The molecule has 11 aromatic rings. The Labute approximate surface area is 460 Å². The molecule has 9 aromatic carbocycles. The van der Waals surface area contributed by atoms with Crippen LogP contribution in [0.1, 0.15) is 164 Å². The maximum absolute atomic E-state index is 11.7. The molecule has 390 valence electrons. The molecule has 0 N–H and O–H groups in total. The van der Waals surface area contributed by atoms with E-state index in [2.05, 4.69) is 183 Å². The van der Waals surface area contributed by atoms with Crippen LogP contribution >= 0.6 is 0 Å². The quantitative estimate of drug-likeness (QED) is 0.0382. The summed E-state index contributed by atoms with van der Waals surface area (Å²) in [5.74, 6) is 15.8. The van der Waals surface area contributed by atoms with Crippen molar-refractivity contribution in [2.24, 2.45) is 0 Å². The van der Waals surface area contributed by atoms with E-state index in [1.807, 2.05) is 0 Å². The number of benzene rings is 9. The Bertz CT molecular complexity index is 3850. The molecule has 0 aliphatic rings. The standard InChI is InChI=1S/C72H70N4O2/c1-5-9-13-17-43-75(44-18-14-10-6-2)71-61(47-73)67-59(41-35-49-27-29-55-33-31-51-23-21-25-53-37-39-57(49)65(55)63(51)53)70-68(62(48-74)72(78-70)76(45-19-15-11-7-3)46-20-16-12-8-4)60(69(67)77-71)42-36-50-28-30-56-34-32-52-24-22-26-54-38-40-58(50)66(56)64(52)54/h21-34,37-40H,5-20,43-46H2,1-4H3. The molecule has 6 nitrogen and oxygen atoms in total. The predicted octanol–water partition coefficient (Wildman–Crippen LogP) is 19.5. The molecule has 0 aliphatic carbocycles. The van der Waals surface area contributed by atoms with Gasteiger partial charge in [-0.3, -0.25) is 0 Å². The number of rotatable bonds is 22. The summed E-state index contributed by atoms with van der Waals surface area (Å²) in [5.41, 5.74) is 4.61. The third-order valence-electron chi connectivity index (χ3n) is 16.4. The molecule has 6 heteroatoms. The first-order valence-corrected chi connectivity index (χ1v) is 29.3. The van der Waals surface area contributed by atoms with Gasteiger partial charge in [-0.25, -0.2) is 0 Å². The Balaban J connectivity index is 1.21. The molecule has 0 saturated carbocycles. The molecule has 0 spiro atoms. The minimum absolute atomic E-state index is 0.427. The van der Waals surface area contributed by atoms with Gasteiger partial charge in [0.15, 0.2) is 11.2 Å². The monoisotopic (exact) mass is 1020 g/mol. The van der Waals surface area contributed by atoms with E-state index >= 15 is 0 Å². The highest BCUT2D eigenvalue weighted by atomic mass is 16.4. The van der Waals surface area contributed by atoms with Crippen LogP contribution < -0.4 is 9.80 Å². The fourth-order valence-electron chi connectivity index (χ4n) is 12.3. The van der Waals surface area contributed by atoms with E-state index in [4.69, 9.17) is 8.83 Å². The summed E-state index contributed by atoms with van der Waals surface area (Å²) in [6.45, 7) is 12.0. The van der Waals surface area contributed by atoms with Crippen molar-refractivity contribution < 1.29 is 8.83 Å². The number of nitrogens with zero attached hydrogens (tertiary/aromatic N) is 4. The highest BCUT2D eigenvalue weighted by Gasteiger charge is 2.32. The molecule has 0 fully saturated rings. The molecular weight excluding hydrogens is 953 g/mol. The van der Waals surface area contributed by atoms with E-state index in [0.29, 0.717) is 56.0 Å². The average Bonchev–Trinajstić information content (AvgIpc) is 4.11. The third kappa shape index (κ3) is 9.80. The number of furan rings is 2. The fraction of sp³-hybridized carbons (Fsp3) is 0.333. The molecule has 78 heavy (non-hydrogen) atoms. The van der Waals surface area contributed by atoms with E-state index in [1.165, 1.54) is 43.1 Å². The smallest absolute Gasteiger partial charge is 0.214 e. The van der Waals surface area contributed by atoms with Crippen molar-refractivity contribution in [3.63, 3.8) is 0 Å². The zero-order chi connectivity index (χ0) is 53.5. The summed E-state index contributed by atoms with van der Waals surface area (Å²) in [6, 6.07) is 44.5. The van der Waals surface area contributed by atoms with Gasteiger partial charge in [0.25, 0.3) is 0 Å². The van der Waals surface area contributed by atoms with Gasteiger partial charge in [-0.15, -0.1) is 0 Å². The van der Waals surface area contributed by atoms with Crippen molar-refractivity contribution in [1.29, 1.82) is 10.5 Å². The van der Waals surface area contributed by atoms with E-state index in [-0.39, 0.29) is 0 Å². The van der Waals surface area contributed by atoms with Gasteiger partial charge in [0.1, 0.15) is 23.3 Å². The highest BCUT2D eigenvalue weighted by Crippen LogP contribution is 2.46. The Hall–Kier alpha value is -8.16. The number of hydrogen-bond acceptors (Lipinski definition) is 6. The van der Waals surface area contributed by atoms with Crippen molar-refractivity contribution in [3.05, 3.63) is 143 Å². The lowest BCUT2D eigenvalue weighted by molar-refractivity contribution is 0.543. The maximum atomic E-state index is 11.7. The van der Waals surface area contributed by atoms with Gasteiger partial charge in [0.2, 0.25) is 11.8 Å². The van der Waals surface area contributed by atoms with Gasteiger partial charge in [0.05, 0.1) is 21.9 Å². The number of fused-ring (bicyclic) bond motifs is 2. The minimum Gasteiger partial charge on any atom is -0.438 e. The molecular formula is C72H70N4O2. The van der Waals surface area contributed by atoms with Crippen molar-refractivity contribution in [3.8, 4) is 35.8 Å². The largest absolute Gasteiger partial charge is 0.438 e. The van der Waals surface area contributed by atoms with Crippen LogP contribution in [0.2, 0.25) is 0 Å². The van der Waals surface area contributed by atoms with E-state index < -0.39 is 0 Å². The normalized spacial score (nSPS) is 11.6. The van der Waals surface area contributed by atoms with Crippen molar-refractivity contribution in [1.82, 2.24) is 0 Å². The molecule has 0 atom stereocenters. The Morgan fingerprint density at radius 2 is 0.654 bits per heavy atom.